The van der Waals surface area contributed by atoms with Crippen molar-refractivity contribution < 1.29 is 10.0 Å². The fourth-order valence-corrected chi connectivity index (χ4v) is 1.98. The van der Waals surface area contributed by atoms with E-state index >= 15 is 0 Å². The minimum atomic E-state index is -0.567. The number of para-hydroxylation sites is 1. The van der Waals surface area contributed by atoms with Gasteiger partial charge in [-0.15, -0.1) is 0 Å². The number of rotatable bonds is 6. The molecule has 6 heteroatoms. The number of aromatic hydroxyl groups is 1. The maximum absolute atomic E-state index is 10.9. The lowest BCUT2D eigenvalue weighted by molar-refractivity contribution is -0.386. The summed E-state index contributed by atoms with van der Waals surface area (Å²) < 4.78 is 0. The van der Waals surface area contributed by atoms with Gasteiger partial charge < -0.3 is 10.5 Å². The largest absolute Gasteiger partial charge is 0.502 e. The van der Waals surface area contributed by atoms with Gasteiger partial charge in [-0.05, 0) is 24.1 Å². The molecule has 0 fully saturated rings. The Morgan fingerprint density at radius 1 is 1.24 bits per heavy atom. The van der Waals surface area contributed by atoms with E-state index in [0.717, 1.165) is 11.3 Å². The van der Waals surface area contributed by atoms with Crippen LogP contribution in [0.3, 0.4) is 0 Å². The van der Waals surface area contributed by atoms with Gasteiger partial charge in [0, 0.05) is 23.9 Å². The SMILES string of the molecule is CCc1cc(CNNc2ccccc2)c(O)c([N+](=O)[O-])c1. The maximum Gasteiger partial charge on any atom is 0.311 e. The number of phenols is 1. The van der Waals surface area contributed by atoms with Crippen LogP contribution in [0.15, 0.2) is 42.5 Å². The Hall–Kier alpha value is -2.60. The van der Waals surface area contributed by atoms with E-state index in [4.69, 9.17) is 0 Å². The van der Waals surface area contributed by atoms with Crippen molar-refractivity contribution in [3.63, 3.8) is 0 Å². The number of hydrazine groups is 1. The molecule has 3 N–H and O–H groups in total. The van der Waals surface area contributed by atoms with Gasteiger partial charge in [0.05, 0.1) is 4.92 Å². The monoisotopic (exact) mass is 287 g/mol. The van der Waals surface area contributed by atoms with Crippen molar-refractivity contribution in [2.24, 2.45) is 0 Å². The Bertz CT molecular complexity index is 630. The van der Waals surface area contributed by atoms with Gasteiger partial charge in [-0.2, -0.15) is 0 Å². The van der Waals surface area contributed by atoms with Gasteiger partial charge in [-0.1, -0.05) is 31.2 Å². The molecule has 0 atom stereocenters. The van der Waals surface area contributed by atoms with E-state index < -0.39 is 4.92 Å². The molecule has 2 aromatic carbocycles. The van der Waals surface area contributed by atoms with Crippen LogP contribution in [0.4, 0.5) is 11.4 Å². The normalized spacial score (nSPS) is 10.3. The molecule has 0 aliphatic heterocycles. The number of nitrogens with one attached hydrogen (secondary N) is 2. The number of hydrogen-bond donors (Lipinski definition) is 3. The molecule has 2 aromatic rings. The summed E-state index contributed by atoms with van der Waals surface area (Å²) in [5, 5.41) is 20.9. The fourth-order valence-electron chi connectivity index (χ4n) is 1.98. The molecule has 0 saturated carbocycles. The molecule has 0 unspecified atom stereocenters. The van der Waals surface area contributed by atoms with Gasteiger partial charge in [0.25, 0.3) is 0 Å². The van der Waals surface area contributed by atoms with E-state index in [2.05, 4.69) is 10.9 Å². The molecule has 0 aromatic heterocycles. The maximum atomic E-state index is 10.9. The first-order chi connectivity index (χ1) is 10.1. The van der Waals surface area contributed by atoms with Crippen molar-refractivity contribution in [2.75, 3.05) is 5.43 Å². The number of aryl methyl sites for hydroxylation is 1. The fraction of sp³-hybridized carbons (Fsp3) is 0.200. The molecular weight excluding hydrogens is 270 g/mol. The molecular formula is C15H17N3O3. The number of benzene rings is 2. The number of phenolic OH excluding ortho intramolecular Hbond substituents is 1. The summed E-state index contributed by atoms with van der Waals surface area (Å²) in [5.74, 6) is -0.292. The molecule has 6 nitrogen and oxygen atoms in total. The second-order valence-electron chi connectivity index (χ2n) is 4.58. The van der Waals surface area contributed by atoms with E-state index in [0.29, 0.717) is 12.0 Å². The van der Waals surface area contributed by atoms with E-state index in [1.807, 2.05) is 37.3 Å². The van der Waals surface area contributed by atoms with Crippen LogP contribution in [0.1, 0.15) is 18.1 Å². The smallest absolute Gasteiger partial charge is 0.311 e. The van der Waals surface area contributed by atoms with E-state index in [9.17, 15) is 15.2 Å². The van der Waals surface area contributed by atoms with Crippen LogP contribution in [0.25, 0.3) is 0 Å². The van der Waals surface area contributed by atoms with Crippen molar-refractivity contribution in [3.8, 4) is 5.75 Å². The minimum absolute atomic E-state index is 0.258. The number of nitro benzene ring substituents is 1. The first-order valence-corrected chi connectivity index (χ1v) is 6.65. The average molecular weight is 287 g/mol. The van der Waals surface area contributed by atoms with Gasteiger partial charge >= 0.3 is 5.69 Å². The van der Waals surface area contributed by atoms with Crippen molar-refractivity contribution in [2.45, 2.75) is 19.9 Å². The van der Waals surface area contributed by atoms with Crippen LogP contribution in [-0.4, -0.2) is 10.0 Å². The number of anilines is 1. The zero-order chi connectivity index (χ0) is 15.2. The molecule has 0 aliphatic rings. The summed E-state index contributed by atoms with van der Waals surface area (Å²) >= 11 is 0. The van der Waals surface area contributed by atoms with Crippen LogP contribution in [-0.2, 0) is 13.0 Å². The van der Waals surface area contributed by atoms with Crippen LogP contribution >= 0.6 is 0 Å². The molecule has 0 aliphatic carbocycles. The Labute approximate surface area is 122 Å². The number of nitro groups is 1. The lowest BCUT2D eigenvalue weighted by Crippen LogP contribution is -2.21. The Morgan fingerprint density at radius 2 is 1.95 bits per heavy atom. The molecule has 110 valence electrons. The van der Waals surface area contributed by atoms with Gasteiger partial charge in [0.15, 0.2) is 5.75 Å². The molecule has 0 heterocycles. The summed E-state index contributed by atoms with van der Waals surface area (Å²) in [5.41, 5.74) is 7.84. The van der Waals surface area contributed by atoms with Crippen LogP contribution in [0, 0.1) is 10.1 Å². The quantitative estimate of drug-likeness (QED) is 0.561. The Morgan fingerprint density at radius 3 is 2.57 bits per heavy atom. The second kappa shape index (κ2) is 6.71. The predicted octanol–water partition coefficient (Wildman–Crippen LogP) is 2.98. The standard InChI is InChI=1S/C15H17N3O3/c1-2-11-8-12(15(19)14(9-11)18(20)21)10-16-17-13-6-4-3-5-7-13/h3-9,16-17,19H,2,10H2,1H3. The summed E-state index contributed by atoms with van der Waals surface area (Å²) in [7, 11) is 0. The minimum Gasteiger partial charge on any atom is -0.502 e. The second-order valence-corrected chi connectivity index (χ2v) is 4.58. The summed E-state index contributed by atoms with van der Waals surface area (Å²) in [4.78, 5) is 10.4. The molecule has 0 amide bonds. The lowest BCUT2D eigenvalue weighted by Gasteiger charge is -2.11. The van der Waals surface area contributed by atoms with Gasteiger partial charge in [-0.25, -0.2) is 5.43 Å². The summed E-state index contributed by atoms with van der Waals surface area (Å²) in [6, 6.07) is 12.6. The molecule has 21 heavy (non-hydrogen) atoms. The zero-order valence-corrected chi connectivity index (χ0v) is 11.7. The molecule has 0 spiro atoms. The third-order valence-corrected chi connectivity index (χ3v) is 3.12. The topological polar surface area (TPSA) is 87.4 Å². The predicted molar refractivity (Wildman–Crippen MR) is 81.0 cm³/mol. The highest BCUT2D eigenvalue weighted by Gasteiger charge is 2.18. The van der Waals surface area contributed by atoms with Crippen LogP contribution < -0.4 is 10.9 Å². The first-order valence-electron chi connectivity index (χ1n) is 6.65. The van der Waals surface area contributed by atoms with Crippen molar-refractivity contribution in [1.29, 1.82) is 0 Å². The van der Waals surface area contributed by atoms with E-state index in [-0.39, 0.29) is 18.0 Å². The Balaban J connectivity index is 2.12. The first kappa shape index (κ1) is 14.8. The van der Waals surface area contributed by atoms with Gasteiger partial charge in [0.2, 0.25) is 0 Å². The summed E-state index contributed by atoms with van der Waals surface area (Å²) in [6.07, 6.45) is 0.667. The summed E-state index contributed by atoms with van der Waals surface area (Å²) in [6.45, 7) is 2.19. The van der Waals surface area contributed by atoms with Crippen LogP contribution in [0.5, 0.6) is 5.75 Å². The molecule has 0 saturated heterocycles. The van der Waals surface area contributed by atoms with Gasteiger partial charge in [0.1, 0.15) is 0 Å². The average Bonchev–Trinajstić information content (AvgIpc) is 2.49. The number of hydrogen-bond acceptors (Lipinski definition) is 5. The Kier molecular flexibility index (Phi) is 4.73. The van der Waals surface area contributed by atoms with Crippen molar-refractivity contribution >= 4 is 11.4 Å². The molecule has 0 radical (unpaired) electrons. The highest BCUT2D eigenvalue weighted by Crippen LogP contribution is 2.31. The van der Waals surface area contributed by atoms with Crippen molar-refractivity contribution in [1.82, 2.24) is 5.43 Å². The third kappa shape index (κ3) is 3.70. The third-order valence-electron chi connectivity index (χ3n) is 3.12. The molecule has 0 bridgehead atoms. The van der Waals surface area contributed by atoms with Gasteiger partial charge in [-0.3, -0.25) is 10.1 Å². The van der Waals surface area contributed by atoms with Crippen molar-refractivity contribution in [3.05, 3.63) is 63.7 Å². The highest BCUT2D eigenvalue weighted by molar-refractivity contribution is 5.53. The lowest BCUT2D eigenvalue weighted by atomic mass is 10.1. The van der Waals surface area contributed by atoms with Crippen LogP contribution in [0.2, 0.25) is 0 Å². The zero-order valence-electron chi connectivity index (χ0n) is 11.7. The van der Waals surface area contributed by atoms with E-state index in [1.54, 1.807) is 6.07 Å². The molecule has 2 rings (SSSR count). The number of nitrogens with zero attached hydrogens (tertiary/aromatic N) is 1. The highest BCUT2D eigenvalue weighted by atomic mass is 16.6. The van der Waals surface area contributed by atoms with E-state index in [1.165, 1.54) is 6.07 Å².